The second kappa shape index (κ2) is 8.72. The fraction of sp³-hybridized carbons (Fsp3) is 0.238. The quantitative estimate of drug-likeness (QED) is 0.648. The molecule has 0 atom stereocenters. The van der Waals surface area contributed by atoms with Crippen LogP contribution in [0, 0.1) is 18.6 Å². The van der Waals surface area contributed by atoms with Gasteiger partial charge in [-0.15, -0.1) is 0 Å². The average molecular weight is 401 g/mol. The molecular formula is C21H21F2N3O3. The van der Waals surface area contributed by atoms with Gasteiger partial charge in [-0.05, 0) is 43.2 Å². The Morgan fingerprint density at radius 2 is 1.93 bits per heavy atom. The Morgan fingerprint density at radius 1 is 1.14 bits per heavy atom. The third-order valence-corrected chi connectivity index (χ3v) is 4.29. The molecule has 1 aromatic heterocycles. The summed E-state index contributed by atoms with van der Waals surface area (Å²) >= 11 is 0. The summed E-state index contributed by atoms with van der Waals surface area (Å²) in [6.45, 7) is 4.45. The number of nitrogens with zero attached hydrogens (tertiary/aromatic N) is 2. The van der Waals surface area contributed by atoms with Crippen molar-refractivity contribution in [3.63, 3.8) is 0 Å². The van der Waals surface area contributed by atoms with E-state index in [0.29, 0.717) is 23.6 Å². The largest absolute Gasteiger partial charge is 0.494 e. The van der Waals surface area contributed by atoms with Crippen molar-refractivity contribution in [3.05, 3.63) is 75.7 Å². The molecule has 0 fully saturated rings. The Hall–Kier alpha value is -3.42. The Labute approximate surface area is 166 Å². The van der Waals surface area contributed by atoms with E-state index in [1.807, 2.05) is 26.0 Å². The molecule has 0 aliphatic rings. The minimum atomic E-state index is -0.946. The smallest absolute Gasteiger partial charge is 0.316 e. The molecule has 1 heterocycles. The first-order chi connectivity index (χ1) is 13.9. The zero-order valence-electron chi connectivity index (χ0n) is 16.3. The Balaban J connectivity index is 2.01. The van der Waals surface area contributed by atoms with Crippen LogP contribution in [0.2, 0.25) is 0 Å². The second-order valence-corrected chi connectivity index (χ2v) is 6.35. The number of benzene rings is 2. The lowest BCUT2D eigenvalue weighted by atomic mass is 10.2. The maximum Gasteiger partial charge on any atom is 0.316 e. The SMILES string of the molecule is CCOc1ccc(C)c(Nc2nc(=O)c(OC)cn2Cc2ccc(F)c(F)c2)c1. The Morgan fingerprint density at radius 3 is 2.62 bits per heavy atom. The summed E-state index contributed by atoms with van der Waals surface area (Å²) in [5.74, 6) is -0.928. The molecule has 0 aliphatic heterocycles. The van der Waals surface area contributed by atoms with Gasteiger partial charge in [0.2, 0.25) is 11.7 Å². The summed E-state index contributed by atoms with van der Waals surface area (Å²) in [7, 11) is 1.36. The van der Waals surface area contributed by atoms with Crippen LogP contribution in [-0.2, 0) is 6.54 Å². The van der Waals surface area contributed by atoms with Crippen molar-refractivity contribution < 1.29 is 18.3 Å². The molecule has 0 spiro atoms. The Bertz CT molecular complexity index is 1080. The number of rotatable bonds is 7. The fourth-order valence-corrected chi connectivity index (χ4v) is 2.78. The molecule has 152 valence electrons. The summed E-state index contributed by atoms with van der Waals surface area (Å²) in [6, 6.07) is 9.16. The maximum absolute atomic E-state index is 13.6. The number of methoxy groups -OCH3 is 1. The van der Waals surface area contributed by atoms with Gasteiger partial charge in [0.1, 0.15) is 5.75 Å². The third kappa shape index (κ3) is 4.71. The van der Waals surface area contributed by atoms with Crippen LogP contribution in [0.4, 0.5) is 20.4 Å². The summed E-state index contributed by atoms with van der Waals surface area (Å²) in [6.07, 6.45) is 1.47. The third-order valence-electron chi connectivity index (χ3n) is 4.29. The highest BCUT2D eigenvalue weighted by Crippen LogP contribution is 2.25. The number of anilines is 2. The number of ether oxygens (including phenoxy) is 2. The van der Waals surface area contributed by atoms with Gasteiger partial charge in [0.25, 0.3) is 0 Å². The fourth-order valence-electron chi connectivity index (χ4n) is 2.78. The molecule has 0 amide bonds. The summed E-state index contributed by atoms with van der Waals surface area (Å²) in [4.78, 5) is 16.3. The standard InChI is InChI=1S/C21H21F2N3O3/c1-4-29-15-7-5-13(2)18(10-15)24-21-25-20(27)19(28-3)12-26(21)11-14-6-8-16(22)17(23)9-14/h5-10,12H,4,11H2,1-3H3,(H,24,25,27). The lowest BCUT2D eigenvalue weighted by Gasteiger charge is -2.17. The number of nitrogens with one attached hydrogen (secondary N) is 1. The van der Waals surface area contributed by atoms with Gasteiger partial charge in [-0.25, -0.2) is 8.78 Å². The first kappa shape index (κ1) is 20.3. The molecule has 3 aromatic rings. The molecule has 0 radical (unpaired) electrons. The van der Waals surface area contributed by atoms with E-state index in [0.717, 1.165) is 17.7 Å². The van der Waals surface area contributed by atoms with E-state index in [1.54, 1.807) is 10.6 Å². The topological polar surface area (TPSA) is 65.4 Å². The van der Waals surface area contributed by atoms with Crippen LogP contribution >= 0.6 is 0 Å². The predicted octanol–water partition coefficient (Wildman–Crippen LogP) is 4.03. The summed E-state index contributed by atoms with van der Waals surface area (Å²) in [5, 5.41) is 3.13. The van der Waals surface area contributed by atoms with Crippen molar-refractivity contribution >= 4 is 11.6 Å². The summed E-state index contributed by atoms with van der Waals surface area (Å²) < 4.78 is 39.0. The zero-order chi connectivity index (χ0) is 21.0. The van der Waals surface area contributed by atoms with Gasteiger partial charge in [-0.3, -0.25) is 4.79 Å². The number of hydrogen-bond acceptors (Lipinski definition) is 5. The van der Waals surface area contributed by atoms with Crippen molar-refractivity contribution in [3.8, 4) is 11.5 Å². The monoisotopic (exact) mass is 401 g/mol. The van der Waals surface area contributed by atoms with E-state index in [9.17, 15) is 13.6 Å². The predicted molar refractivity (Wildman–Crippen MR) is 106 cm³/mol. The van der Waals surface area contributed by atoms with Crippen LogP contribution in [-0.4, -0.2) is 23.3 Å². The minimum absolute atomic E-state index is 0.0397. The number of aryl methyl sites for hydroxylation is 1. The number of aromatic nitrogens is 2. The van der Waals surface area contributed by atoms with Gasteiger partial charge < -0.3 is 19.4 Å². The van der Waals surface area contributed by atoms with Crippen LogP contribution in [0.1, 0.15) is 18.1 Å². The molecule has 8 heteroatoms. The normalized spacial score (nSPS) is 10.7. The highest BCUT2D eigenvalue weighted by molar-refractivity contribution is 5.61. The van der Waals surface area contributed by atoms with Crippen LogP contribution in [0.3, 0.4) is 0 Å². The molecule has 0 saturated carbocycles. The van der Waals surface area contributed by atoms with Crippen LogP contribution in [0.15, 0.2) is 47.4 Å². The first-order valence-electron chi connectivity index (χ1n) is 9.01. The first-order valence-corrected chi connectivity index (χ1v) is 9.01. The molecule has 2 aromatic carbocycles. The lowest BCUT2D eigenvalue weighted by molar-refractivity contribution is 0.340. The van der Waals surface area contributed by atoms with E-state index >= 15 is 0 Å². The van der Waals surface area contributed by atoms with E-state index < -0.39 is 17.2 Å². The maximum atomic E-state index is 13.6. The van der Waals surface area contributed by atoms with Gasteiger partial charge >= 0.3 is 5.56 Å². The van der Waals surface area contributed by atoms with Crippen molar-refractivity contribution in [2.24, 2.45) is 0 Å². The zero-order valence-corrected chi connectivity index (χ0v) is 16.3. The van der Waals surface area contributed by atoms with Gasteiger partial charge in [-0.2, -0.15) is 4.98 Å². The van der Waals surface area contributed by atoms with E-state index in [1.165, 1.54) is 19.4 Å². The van der Waals surface area contributed by atoms with Crippen molar-refractivity contribution in [1.82, 2.24) is 9.55 Å². The van der Waals surface area contributed by atoms with Crippen molar-refractivity contribution in [1.29, 1.82) is 0 Å². The van der Waals surface area contributed by atoms with Gasteiger partial charge in [0, 0.05) is 11.8 Å². The van der Waals surface area contributed by atoms with E-state index in [2.05, 4.69) is 10.3 Å². The van der Waals surface area contributed by atoms with Gasteiger partial charge in [-0.1, -0.05) is 12.1 Å². The second-order valence-electron chi connectivity index (χ2n) is 6.35. The van der Waals surface area contributed by atoms with Gasteiger partial charge in [0.05, 0.1) is 26.5 Å². The number of halogens is 2. The molecule has 29 heavy (non-hydrogen) atoms. The molecule has 1 N–H and O–H groups in total. The molecule has 0 aliphatic carbocycles. The molecular weight excluding hydrogens is 380 g/mol. The lowest BCUT2D eigenvalue weighted by Crippen LogP contribution is -2.19. The Kier molecular flexibility index (Phi) is 6.11. The van der Waals surface area contributed by atoms with Crippen molar-refractivity contribution in [2.45, 2.75) is 20.4 Å². The molecule has 0 unspecified atom stereocenters. The van der Waals surface area contributed by atoms with E-state index in [-0.39, 0.29) is 18.2 Å². The molecule has 3 rings (SSSR count). The van der Waals surface area contributed by atoms with Crippen LogP contribution in [0.25, 0.3) is 0 Å². The minimum Gasteiger partial charge on any atom is -0.494 e. The van der Waals surface area contributed by atoms with Gasteiger partial charge in [0.15, 0.2) is 11.6 Å². The molecule has 0 saturated heterocycles. The average Bonchev–Trinajstić information content (AvgIpc) is 2.69. The van der Waals surface area contributed by atoms with E-state index in [4.69, 9.17) is 9.47 Å². The number of hydrogen-bond donors (Lipinski definition) is 1. The molecule has 0 bridgehead atoms. The van der Waals surface area contributed by atoms with Crippen LogP contribution < -0.4 is 20.3 Å². The molecule has 6 nitrogen and oxygen atoms in total. The summed E-state index contributed by atoms with van der Waals surface area (Å²) in [5.41, 5.74) is 1.57. The highest BCUT2D eigenvalue weighted by Gasteiger charge is 2.12. The van der Waals surface area contributed by atoms with Crippen LogP contribution in [0.5, 0.6) is 11.5 Å². The highest BCUT2D eigenvalue weighted by atomic mass is 19.2. The van der Waals surface area contributed by atoms with Crippen molar-refractivity contribution in [2.75, 3.05) is 19.0 Å².